The van der Waals surface area contributed by atoms with Crippen LogP contribution in [0.5, 0.6) is 0 Å². The lowest BCUT2D eigenvalue weighted by atomic mass is 10.2. The summed E-state index contributed by atoms with van der Waals surface area (Å²) in [4.78, 5) is 7.28. The van der Waals surface area contributed by atoms with Crippen molar-refractivity contribution >= 4 is 11.9 Å². The third kappa shape index (κ3) is 4.34. The van der Waals surface area contributed by atoms with Crippen LogP contribution in [0.15, 0.2) is 34.6 Å². The molecule has 2 rings (SSSR count). The largest absolute Gasteiger partial charge is 0.433 e. The molecule has 1 aliphatic carbocycles. The Bertz CT molecular complexity index is 507. The summed E-state index contributed by atoms with van der Waals surface area (Å²) in [6.07, 6.45) is 0.812. The van der Waals surface area contributed by atoms with Crippen LogP contribution in [-0.2, 0) is 6.18 Å². The Morgan fingerprint density at radius 1 is 1.30 bits per heavy atom. The van der Waals surface area contributed by atoms with E-state index < -0.39 is 11.9 Å². The fourth-order valence-corrected chi connectivity index (χ4v) is 1.75. The van der Waals surface area contributed by atoms with Crippen molar-refractivity contribution in [1.29, 1.82) is 0 Å². The summed E-state index contributed by atoms with van der Waals surface area (Å²) >= 11 is 0. The van der Waals surface area contributed by atoms with Crippen LogP contribution in [0.3, 0.4) is 0 Å². The van der Waals surface area contributed by atoms with Crippen LogP contribution >= 0.6 is 0 Å². The molecule has 0 saturated carbocycles. The minimum absolute atomic E-state index is 0.226. The zero-order chi connectivity index (χ0) is 15.2. The molecule has 0 saturated heterocycles. The molecule has 0 amide bonds. The molecule has 20 heavy (non-hydrogen) atoms. The molecule has 0 bridgehead atoms. The molecular formula is C13H17F3N4. The molecule has 0 fully saturated rings. The first-order valence-electron chi connectivity index (χ1n) is 6.09. The average molecular weight is 286 g/mol. The number of halogens is 3. The Balaban J connectivity index is 0.000000956. The highest BCUT2D eigenvalue weighted by atomic mass is 19.4. The fourth-order valence-electron chi connectivity index (χ4n) is 1.75. The molecule has 0 atom stereocenters. The van der Waals surface area contributed by atoms with Gasteiger partial charge in [0.1, 0.15) is 5.69 Å². The minimum atomic E-state index is -4.45. The van der Waals surface area contributed by atoms with E-state index in [-0.39, 0.29) is 5.69 Å². The van der Waals surface area contributed by atoms with Gasteiger partial charge >= 0.3 is 6.18 Å². The molecule has 110 valence electrons. The Hall–Kier alpha value is -1.89. The zero-order valence-corrected chi connectivity index (χ0v) is 11.1. The highest BCUT2D eigenvalue weighted by molar-refractivity contribution is 5.82. The van der Waals surface area contributed by atoms with E-state index in [2.05, 4.69) is 15.7 Å². The number of nitrogens with two attached hydrogens (primary N) is 2. The second-order valence-corrected chi connectivity index (χ2v) is 4.06. The maximum atomic E-state index is 12.4. The maximum Gasteiger partial charge on any atom is 0.433 e. The SMILES string of the molecule is CN.NC1=C(C=Nc2ccnc(C(F)(F)F)c2)CCC1. The van der Waals surface area contributed by atoms with Gasteiger partial charge in [0.05, 0.1) is 5.69 Å². The highest BCUT2D eigenvalue weighted by Crippen LogP contribution is 2.29. The van der Waals surface area contributed by atoms with Crippen molar-refractivity contribution in [3.8, 4) is 0 Å². The quantitative estimate of drug-likeness (QED) is 0.821. The Kier molecular flexibility index (Phi) is 5.69. The summed E-state index contributed by atoms with van der Waals surface area (Å²) in [6.45, 7) is 0. The number of nitrogens with zero attached hydrogens (tertiary/aromatic N) is 2. The predicted molar refractivity (Wildman–Crippen MR) is 72.6 cm³/mol. The Morgan fingerprint density at radius 3 is 2.55 bits per heavy atom. The van der Waals surface area contributed by atoms with Gasteiger partial charge in [0.15, 0.2) is 0 Å². The van der Waals surface area contributed by atoms with E-state index in [0.717, 1.165) is 42.8 Å². The van der Waals surface area contributed by atoms with Gasteiger partial charge in [0, 0.05) is 18.1 Å². The first-order chi connectivity index (χ1) is 9.47. The van der Waals surface area contributed by atoms with Gasteiger partial charge in [-0.25, -0.2) is 0 Å². The van der Waals surface area contributed by atoms with Gasteiger partial charge in [-0.2, -0.15) is 13.2 Å². The molecule has 1 aliphatic rings. The molecule has 4 nitrogen and oxygen atoms in total. The van der Waals surface area contributed by atoms with Gasteiger partial charge in [0.25, 0.3) is 0 Å². The van der Waals surface area contributed by atoms with Gasteiger partial charge in [-0.3, -0.25) is 9.98 Å². The predicted octanol–water partition coefficient (Wildman–Crippen LogP) is 2.77. The van der Waals surface area contributed by atoms with E-state index in [1.165, 1.54) is 19.3 Å². The second kappa shape index (κ2) is 7.04. The lowest BCUT2D eigenvalue weighted by Crippen LogP contribution is -2.06. The van der Waals surface area contributed by atoms with E-state index in [1.807, 2.05) is 0 Å². The number of alkyl halides is 3. The third-order valence-corrected chi connectivity index (χ3v) is 2.71. The molecule has 4 N–H and O–H groups in total. The molecule has 0 spiro atoms. The van der Waals surface area contributed by atoms with Crippen molar-refractivity contribution in [1.82, 2.24) is 4.98 Å². The molecule has 7 heteroatoms. The van der Waals surface area contributed by atoms with Crippen LogP contribution in [0.25, 0.3) is 0 Å². The Labute approximate surface area is 115 Å². The molecule has 1 heterocycles. The number of aromatic nitrogens is 1. The van der Waals surface area contributed by atoms with E-state index in [0.29, 0.717) is 0 Å². The average Bonchev–Trinajstić information content (AvgIpc) is 2.84. The lowest BCUT2D eigenvalue weighted by Gasteiger charge is -2.05. The molecule has 1 aromatic rings. The van der Waals surface area contributed by atoms with Crippen molar-refractivity contribution < 1.29 is 13.2 Å². The van der Waals surface area contributed by atoms with Crippen LogP contribution < -0.4 is 11.5 Å². The third-order valence-electron chi connectivity index (χ3n) is 2.71. The number of hydrogen-bond donors (Lipinski definition) is 2. The first kappa shape index (κ1) is 16.2. The van der Waals surface area contributed by atoms with Crippen LogP contribution in [0.2, 0.25) is 0 Å². The summed E-state index contributed by atoms with van der Waals surface area (Å²) in [5.74, 6) is 0. The van der Waals surface area contributed by atoms with Crippen molar-refractivity contribution in [2.45, 2.75) is 25.4 Å². The van der Waals surface area contributed by atoms with Crippen LogP contribution in [0, 0.1) is 0 Å². The monoisotopic (exact) mass is 286 g/mol. The summed E-state index contributed by atoms with van der Waals surface area (Å²) in [5.41, 5.74) is 11.2. The number of rotatable bonds is 2. The van der Waals surface area contributed by atoms with Crippen molar-refractivity contribution in [3.63, 3.8) is 0 Å². The van der Waals surface area contributed by atoms with E-state index in [4.69, 9.17) is 5.73 Å². The van der Waals surface area contributed by atoms with Gasteiger partial charge < -0.3 is 11.5 Å². The number of aliphatic imine (C=N–C) groups is 1. The van der Waals surface area contributed by atoms with Gasteiger partial charge in [-0.15, -0.1) is 0 Å². The first-order valence-corrected chi connectivity index (χ1v) is 6.09. The number of pyridine rings is 1. The molecule has 0 aliphatic heterocycles. The normalized spacial score (nSPS) is 15.4. The van der Waals surface area contributed by atoms with Gasteiger partial charge in [-0.1, -0.05) is 0 Å². The summed E-state index contributed by atoms with van der Waals surface area (Å²) in [5, 5.41) is 0. The molecular weight excluding hydrogens is 269 g/mol. The zero-order valence-electron chi connectivity index (χ0n) is 11.1. The van der Waals surface area contributed by atoms with Crippen molar-refractivity contribution in [3.05, 3.63) is 35.3 Å². The summed E-state index contributed by atoms with van der Waals surface area (Å²) in [7, 11) is 1.50. The van der Waals surface area contributed by atoms with E-state index in [9.17, 15) is 13.2 Å². The van der Waals surface area contributed by atoms with Crippen LogP contribution in [0.4, 0.5) is 18.9 Å². The van der Waals surface area contributed by atoms with Crippen LogP contribution in [-0.4, -0.2) is 18.2 Å². The highest BCUT2D eigenvalue weighted by Gasteiger charge is 2.32. The summed E-state index contributed by atoms with van der Waals surface area (Å²) < 4.78 is 37.3. The van der Waals surface area contributed by atoms with Crippen LogP contribution in [0.1, 0.15) is 25.0 Å². The molecule has 0 unspecified atom stereocenters. The van der Waals surface area contributed by atoms with Gasteiger partial charge in [0.2, 0.25) is 0 Å². The molecule has 0 aromatic carbocycles. The Morgan fingerprint density at radius 2 is 2.00 bits per heavy atom. The second-order valence-electron chi connectivity index (χ2n) is 4.06. The van der Waals surface area contributed by atoms with Crippen molar-refractivity contribution in [2.75, 3.05) is 7.05 Å². The maximum absolute atomic E-state index is 12.4. The van der Waals surface area contributed by atoms with Crippen molar-refractivity contribution in [2.24, 2.45) is 16.5 Å². The van der Waals surface area contributed by atoms with Gasteiger partial charge in [-0.05, 0) is 44.0 Å². The molecule has 1 aromatic heterocycles. The topological polar surface area (TPSA) is 77.3 Å². The smallest absolute Gasteiger partial charge is 0.402 e. The minimum Gasteiger partial charge on any atom is -0.402 e. The number of allylic oxidation sites excluding steroid dienone is 2. The summed E-state index contributed by atoms with van der Waals surface area (Å²) in [6, 6.07) is 2.35. The van der Waals surface area contributed by atoms with E-state index in [1.54, 1.807) is 0 Å². The molecule has 0 radical (unpaired) electrons. The fraction of sp³-hybridized carbons (Fsp3) is 0.385. The lowest BCUT2D eigenvalue weighted by molar-refractivity contribution is -0.141. The number of hydrogen-bond acceptors (Lipinski definition) is 4. The standard InChI is InChI=1S/C12H12F3N3.CH5N/c13-12(14,15)11-6-9(4-5-17-11)18-7-8-2-1-3-10(8)16;1-2/h4-7H,1-3,16H2;2H2,1H3. The van der Waals surface area contributed by atoms with E-state index >= 15 is 0 Å².